The van der Waals surface area contributed by atoms with Gasteiger partial charge in [0.15, 0.2) is 0 Å². The lowest BCUT2D eigenvalue weighted by molar-refractivity contribution is 0.257. The van der Waals surface area contributed by atoms with Crippen LogP contribution in [0, 0.1) is 19.8 Å². The molecule has 0 aliphatic heterocycles. The summed E-state index contributed by atoms with van der Waals surface area (Å²) in [4.78, 5) is 0. The molecule has 0 saturated carbocycles. The van der Waals surface area contributed by atoms with E-state index >= 15 is 0 Å². The van der Waals surface area contributed by atoms with E-state index in [4.69, 9.17) is 10.5 Å². The summed E-state index contributed by atoms with van der Waals surface area (Å²) in [7, 11) is 0. The first-order valence-electron chi connectivity index (χ1n) is 5.47. The highest BCUT2D eigenvalue weighted by molar-refractivity contribution is 5.39. The molecule has 0 aliphatic rings. The normalized spacial score (nSPS) is 12.9. The van der Waals surface area contributed by atoms with Crippen molar-refractivity contribution in [2.24, 2.45) is 11.7 Å². The number of rotatable bonds is 4. The van der Waals surface area contributed by atoms with Crippen LogP contribution in [0.15, 0.2) is 18.2 Å². The zero-order valence-electron chi connectivity index (χ0n) is 10.1. The zero-order chi connectivity index (χ0) is 11.4. The van der Waals surface area contributed by atoms with E-state index in [-0.39, 0.29) is 6.04 Å². The monoisotopic (exact) mass is 207 g/mol. The predicted molar refractivity (Wildman–Crippen MR) is 64.2 cm³/mol. The van der Waals surface area contributed by atoms with Gasteiger partial charge in [-0.2, -0.15) is 0 Å². The Morgan fingerprint density at radius 3 is 2.20 bits per heavy atom. The van der Waals surface area contributed by atoms with Gasteiger partial charge in [0.25, 0.3) is 0 Å². The third kappa shape index (κ3) is 3.24. The molecule has 0 heterocycles. The molecule has 0 bridgehead atoms. The molecule has 84 valence electrons. The second kappa shape index (κ2) is 5.17. The van der Waals surface area contributed by atoms with Gasteiger partial charge in [-0.3, -0.25) is 0 Å². The number of hydrogen-bond acceptors (Lipinski definition) is 2. The molecule has 2 nitrogen and oxygen atoms in total. The van der Waals surface area contributed by atoms with Crippen molar-refractivity contribution in [2.45, 2.75) is 33.7 Å². The average molecular weight is 207 g/mol. The molecule has 0 aliphatic carbocycles. The number of aryl methyl sites for hydroxylation is 2. The lowest BCUT2D eigenvalue weighted by Gasteiger charge is -2.18. The summed E-state index contributed by atoms with van der Waals surface area (Å²) in [6.07, 6.45) is 0. The lowest BCUT2D eigenvalue weighted by Crippen LogP contribution is -2.33. The van der Waals surface area contributed by atoms with Crippen LogP contribution in [-0.2, 0) is 0 Å². The van der Waals surface area contributed by atoms with Gasteiger partial charge in [0.2, 0.25) is 0 Å². The van der Waals surface area contributed by atoms with Gasteiger partial charge in [-0.05, 0) is 30.9 Å². The summed E-state index contributed by atoms with van der Waals surface area (Å²) in [6.45, 7) is 8.92. The third-order valence-corrected chi connectivity index (χ3v) is 2.69. The lowest BCUT2D eigenvalue weighted by atomic mass is 10.1. The maximum Gasteiger partial charge on any atom is 0.125 e. The molecule has 1 unspecified atom stereocenters. The Balaban J connectivity index is 2.65. The van der Waals surface area contributed by atoms with E-state index in [0.29, 0.717) is 12.5 Å². The van der Waals surface area contributed by atoms with Gasteiger partial charge in [0.1, 0.15) is 12.4 Å². The molecule has 0 fully saturated rings. The van der Waals surface area contributed by atoms with E-state index in [2.05, 4.69) is 39.8 Å². The largest absolute Gasteiger partial charge is 0.491 e. The Morgan fingerprint density at radius 2 is 1.73 bits per heavy atom. The first kappa shape index (κ1) is 12.1. The smallest absolute Gasteiger partial charge is 0.125 e. The van der Waals surface area contributed by atoms with Gasteiger partial charge in [0.05, 0.1) is 0 Å². The summed E-state index contributed by atoms with van der Waals surface area (Å²) >= 11 is 0. The molecule has 1 atom stereocenters. The van der Waals surface area contributed by atoms with E-state index in [9.17, 15) is 0 Å². The van der Waals surface area contributed by atoms with Crippen LogP contribution < -0.4 is 10.5 Å². The van der Waals surface area contributed by atoms with Crippen molar-refractivity contribution in [3.63, 3.8) is 0 Å². The summed E-state index contributed by atoms with van der Waals surface area (Å²) < 4.78 is 5.77. The Kier molecular flexibility index (Phi) is 4.15. The van der Waals surface area contributed by atoms with Crippen LogP contribution in [0.25, 0.3) is 0 Å². The molecule has 0 spiro atoms. The summed E-state index contributed by atoms with van der Waals surface area (Å²) in [5.41, 5.74) is 8.28. The standard InChI is InChI=1S/C13H21NO/c1-9(2)12(14)8-15-13-10(3)6-5-7-11(13)4/h5-7,9,12H,8,14H2,1-4H3. The minimum absolute atomic E-state index is 0.101. The second-order valence-electron chi connectivity index (χ2n) is 4.44. The van der Waals surface area contributed by atoms with Crippen LogP contribution in [0.4, 0.5) is 0 Å². The van der Waals surface area contributed by atoms with Crippen molar-refractivity contribution in [1.82, 2.24) is 0 Å². The van der Waals surface area contributed by atoms with Crippen LogP contribution >= 0.6 is 0 Å². The highest BCUT2D eigenvalue weighted by Crippen LogP contribution is 2.22. The van der Waals surface area contributed by atoms with E-state index in [1.165, 1.54) is 11.1 Å². The van der Waals surface area contributed by atoms with Gasteiger partial charge in [0, 0.05) is 6.04 Å². The molecule has 0 aromatic heterocycles. The van der Waals surface area contributed by atoms with Crippen LogP contribution in [0.5, 0.6) is 5.75 Å². The molecule has 2 N–H and O–H groups in total. The molecule has 1 aromatic carbocycles. The van der Waals surface area contributed by atoms with Crippen LogP contribution in [-0.4, -0.2) is 12.6 Å². The van der Waals surface area contributed by atoms with Crippen molar-refractivity contribution in [3.8, 4) is 5.75 Å². The van der Waals surface area contributed by atoms with Crippen LogP contribution in [0.3, 0.4) is 0 Å². The molecule has 0 saturated heterocycles. The highest BCUT2D eigenvalue weighted by Gasteiger charge is 2.10. The van der Waals surface area contributed by atoms with Crippen LogP contribution in [0.2, 0.25) is 0 Å². The van der Waals surface area contributed by atoms with Gasteiger partial charge in [-0.25, -0.2) is 0 Å². The van der Waals surface area contributed by atoms with Crippen LogP contribution in [0.1, 0.15) is 25.0 Å². The minimum atomic E-state index is 0.101. The number of benzene rings is 1. The van der Waals surface area contributed by atoms with E-state index in [0.717, 1.165) is 5.75 Å². The topological polar surface area (TPSA) is 35.2 Å². The number of para-hydroxylation sites is 1. The quantitative estimate of drug-likeness (QED) is 0.823. The zero-order valence-corrected chi connectivity index (χ0v) is 10.1. The Labute approximate surface area is 92.4 Å². The Morgan fingerprint density at radius 1 is 1.20 bits per heavy atom. The van der Waals surface area contributed by atoms with Gasteiger partial charge in [-0.1, -0.05) is 32.0 Å². The van der Waals surface area contributed by atoms with Crippen molar-refractivity contribution in [2.75, 3.05) is 6.61 Å². The maximum atomic E-state index is 5.94. The van der Waals surface area contributed by atoms with E-state index < -0.39 is 0 Å². The third-order valence-electron chi connectivity index (χ3n) is 2.69. The fraction of sp³-hybridized carbons (Fsp3) is 0.538. The molecule has 0 radical (unpaired) electrons. The first-order valence-corrected chi connectivity index (χ1v) is 5.47. The first-order chi connectivity index (χ1) is 7.02. The van der Waals surface area contributed by atoms with E-state index in [1.54, 1.807) is 0 Å². The van der Waals surface area contributed by atoms with Crippen molar-refractivity contribution >= 4 is 0 Å². The SMILES string of the molecule is Cc1cccc(C)c1OCC(N)C(C)C. The predicted octanol–water partition coefficient (Wildman–Crippen LogP) is 2.67. The highest BCUT2D eigenvalue weighted by atomic mass is 16.5. The Hall–Kier alpha value is -1.02. The molecule has 15 heavy (non-hydrogen) atoms. The number of hydrogen-bond donors (Lipinski definition) is 1. The van der Waals surface area contributed by atoms with Crippen molar-refractivity contribution < 1.29 is 4.74 Å². The molecular formula is C13H21NO. The fourth-order valence-corrected chi connectivity index (χ4v) is 1.40. The van der Waals surface area contributed by atoms with E-state index in [1.807, 2.05) is 6.07 Å². The Bertz CT molecular complexity index is 300. The molecule has 2 heteroatoms. The van der Waals surface area contributed by atoms with Gasteiger partial charge in [-0.15, -0.1) is 0 Å². The number of ether oxygens (including phenoxy) is 1. The summed E-state index contributed by atoms with van der Waals surface area (Å²) in [6, 6.07) is 6.26. The fourth-order valence-electron chi connectivity index (χ4n) is 1.40. The maximum absolute atomic E-state index is 5.94. The van der Waals surface area contributed by atoms with Gasteiger partial charge < -0.3 is 10.5 Å². The molecule has 0 amide bonds. The molecule has 1 rings (SSSR count). The molecular weight excluding hydrogens is 186 g/mol. The minimum Gasteiger partial charge on any atom is -0.491 e. The molecule has 1 aromatic rings. The summed E-state index contributed by atoms with van der Waals surface area (Å²) in [5.74, 6) is 1.43. The summed E-state index contributed by atoms with van der Waals surface area (Å²) in [5, 5.41) is 0. The average Bonchev–Trinajstić information content (AvgIpc) is 2.16. The van der Waals surface area contributed by atoms with Gasteiger partial charge >= 0.3 is 0 Å². The second-order valence-corrected chi connectivity index (χ2v) is 4.44. The van der Waals surface area contributed by atoms with Crippen molar-refractivity contribution in [1.29, 1.82) is 0 Å². The van der Waals surface area contributed by atoms with Crippen molar-refractivity contribution in [3.05, 3.63) is 29.3 Å². The number of nitrogens with two attached hydrogens (primary N) is 1.